The molecule has 21 heavy (non-hydrogen) atoms. The molecule has 1 aromatic heterocycles. The molecule has 0 unspecified atom stereocenters. The zero-order valence-corrected chi connectivity index (χ0v) is 14.0. The van der Waals surface area contributed by atoms with Crippen LogP contribution in [0.4, 0.5) is 0 Å². The molecule has 1 heterocycles. The number of aromatic nitrogens is 2. The molecule has 2 rings (SSSR count). The van der Waals surface area contributed by atoms with Gasteiger partial charge in [-0.25, -0.2) is 0 Å². The summed E-state index contributed by atoms with van der Waals surface area (Å²) in [5.74, 6) is 1.27. The van der Waals surface area contributed by atoms with E-state index in [0.29, 0.717) is 17.4 Å². The van der Waals surface area contributed by atoms with Gasteiger partial charge in [0.1, 0.15) is 5.75 Å². The van der Waals surface area contributed by atoms with Crippen molar-refractivity contribution in [2.24, 2.45) is 5.73 Å². The largest absolute Gasteiger partial charge is 0.491 e. The second kappa shape index (κ2) is 8.47. The number of thioether (sulfide) groups is 2. The lowest BCUT2D eigenvalue weighted by Gasteiger charge is -2.06. The first-order valence-corrected chi connectivity index (χ1v) is 9.06. The quantitative estimate of drug-likeness (QED) is 0.575. The average Bonchev–Trinajstić information content (AvgIpc) is 2.91. The molecule has 1 aromatic carbocycles. The first kappa shape index (κ1) is 16.4. The first-order valence-electron chi connectivity index (χ1n) is 5.90. The predicted molar refractivity (Wildman–Crippen MR) is 87.5 cm³/mol. The van der Waals surface area contributed by atoms with Gasteiger partial charge in [0, 0.05) is 5.75 Å². The summed E-state index contributed by atoms with van der Waals surface area (Å²) >= 11 is 10.3. The molecule has 1 amide bonds. The van der Waals surface area contributed by atoms with E-state index in [1.54, 1.807) is 17.8 Å². The zero-order valence-electron chi connectivity index (χ0n) is 10.8. The van der Waals surface area contributed by atoms with E-state index in [2.05, 4.69) is 10.2 Å². The fraction of sp³-hybridized carbons (Fsp3) is 0.250. The van der Waals surface area contributed by atoms with Crippen molar-refractivity contribution in [1.29, 1.82) is 0 Å². The molecule has 9 heteroatoms. The maximum Gasteiger partial charge on any atom is 0.227 e. The van der Waals surface area contributed by atoms with Crippen molar-refractivity contribution < 1.29 is 9.53 Å². The Bertz CT molecular complexity index is 609. The maximum absolute atomic E-state index is 10.7. The van der Waals surface area contributed by atoms with Crippen molar-refractivity contribution in [2.45, 2.75) is 8.68 Å². The highest BCUT2D eigenvalue weighted by Gasteiger charge is 2.07. The lowest BCUT2D eigenvalue weighted by atomic mass is 10.3. The van der Waals surface area contributed by atoms with Gasteiger partial charge in [-0.2, -0.15) is 0 Å². The minimum Gasteiger partial charge on any atom is -0.491 e. The summed E-state index contributed by atoms with van der Waals surface area (Å²) in [7, 11) is 0. The fourth-order valence-corrected chi connectivity index (χ4v) is 4.13. The lowest BCUT2D eigenvalue weighted by molar-refractivity contribution is -0.115. The smallest absolute Gasteiger partial charge is 0.227 e. The van der Waals surface area contributed by atoms with Crippen LogP contribution in [0.25, 0.3) is 0 Å². The summed E-state index contributed by atoms with van der Waals surface area (Å²) in [6.45, 7) is 0.526. The third kappa shape index (κ3) is 5.74. The lowest BCUT2D eigenvalue weighted by Crippen LogP contribution is -2.12. The molecule has 0 aliphatic rings. The van der Waals surface area contributed by atoms with Crippen molar-refractivity contribution in [2.75, 3.05) is 18.1 Å². The van der Waals surface area contributed by atoms with Gasteiger partial charge in [-0.05, 0) is 12.1 Å². The number of ether oxygens (including phenoxy) is 1. The first-order chi connectivity index (χ1) is 10.1. The number of para-hydroxylation sites is 1. The molecule has 0 atom stereocenters. The highest BCUT2D eigenvalue weighted by atomic mass is 35.5. The Hall–Kier alpha value is -0.960. The molecule has 0 bridgehead atoms. The van der Waals surface area contributed by atoms with Crippen LogP contribution < -0.4 is 10.5 Å². The maximum atomic E-state index is 10.7. The molecular weight excluding hydrogens is 350 g/mol. The number of carbonyl (C=O) groups excluding carboxylic acids is 1. The summed E-state index contributed by atoms with van der Waals surface area (Å²) in [5, 5.41) is 8.61. The van der Waals surface area contributed by atoms with Crippen molar-refractivity contribution in [3.8, 4) is 5.75 Å². The van der Waals surface area contributed by atoms with Crippen LogP contribution in [0.5, 0.6) is 5.75 Å². The number of halogens is 1. The van der Waals surface area contributed by atoms with Gasteiger partial charge in [0.15, 0.2) is 8.68 Å². The summed E-state index contributed by atoms with van der Waals surface area (Å²) < 4.78 is 7.16. The minimum absolute atomic E-state index is 0.217. The molecule has 0 radical (unpaired) electrons. The number of nitrogens with two attached hydrogens (primary N) is 1. The summed E-state index contributed by atoms with van der Waals surface area (Å²) in [6, 6.07) is 7.35. The zero-order chi connectivity index (χ0) is 15.1. The molecule has 0 spiro atoms. The number of nitrogens with zero attached hydrogens (tertiary/aromatic N) is 2. The summed E-state index contributed by atoms with van der Waals surface area (Å²) in [4.78, 5) is 10.7. The van der Waals surface area contributed by atoms with E-state index < -0.39 is 0 Å². The number of hydrogen-bond donors (Lipinski definition) is 1. The molecule has 112 valence electrons. The van der Waals surface area contributed by atoms with Crippen molar-refractivity contribution in [3.05, 3.63) is 29.3 Å². The summed E-state index contributed by atoms with van der Waals surface area (Å²) in [5.41, 5.74) is 5.08. The number of carbonyl (C=O) groups is 1. The Balaban J connectivity index is 1.71. The second-order valence-corrected chi connectivity index (χ2v) is 7.67. The molecule has 5 nitrogen and oxygen atoms in total. The normalized spacial score (nSPS) is 10.5. The monoisotopic (exact) mass is 361 g/mol. The van der Waals surface area contributed by atoms with E-state index in [0.717, 1.165) is 14.4 Å². The van der Waals surface area contributed by atoms with E-state index >= 15 is 0 Å². The molecule has 0 aliphatic carbocycles. The van der Waals surface area contributed by atoms with Crippen LogP contribution in [0, 0.1) is 0 Å². The molecule has 2 aromatic rings. The van der Waals surface area contributed by atoms with Crippen LogP contribution >= 0.6 is 46.5 Å². The Morgan fingerprint density at radius 1 is 1.29 bits per heavy atom. The number of amides is 1. The van der Waals surface area contributed by atoms with E-state index in [9.17, 15) is 4.79 Å². The number of primary amides is 1. The minimum atomic E-state index is -0.363. The second-order valence-electron chi connectivity index (χ2n) is 3.72. The van der Waals surface area contributed by atoms with E-state index in [-0.39, 0.29) is 11.7 Å². The van der Waals surface area contributed by atoms with Gasteiger partial charge in [-0.15, -0.1) is 10.2 Å². The van der Waals surface area contributed by atoms with E-state index in [1.165, 1.54) is 23.1 Å². The van der Waals surface area contributed by atoms with E-state index in [1.807, 2.05) is 18.2 Å². The van der Waals surface area contributed by atoms with Crippen LogP contribution in [-0.4, -0.2) is 34.2 Å². The highest BCUT2D eigenvalue weighted by molar-refractivity contribution is 8.03. The third-order valence-corrected chi connectivity index (χ3v) is 5.62. The van der Waals surface area contributed by atoms with Gasteiger partial charge in [0.2, 0.25) is 5.91 Å². The van der Waals surface area contributed by atoms with Crippen molar-refractivity contribution in [3.63, 3.8) is 0 Å². The van der Waals surface area contributed by atoms with Gasteiger partial charge in [0.25, 0.3) is 0 Å². The fourth-order valence-electron chi connectivity index (χ4n) is 1.29. The molecule has 0 saturated carbocycles. The molecule has 0 aliphatic heterocycles. The standard InChI is InChI=1S/C12H12ClN3O2S3/c13-8-3-1-2-4-9(8)18-5-6-19-11-15-16-12(21-11)20-7-10(14)17/h1-4H,5-7H2,(H2,14,17). The van der Waals surface area contributed by atoms with Crippen LogP contribution in [-0.2, 0) is 4.79 Å². The predicted octanol–water partition coefficient (Wildman–Crippen LogP) is 2.94. The van der Waals surface area contributed by atoms with Crippen LogP contribution in [0.1, 0.15) is 0 Å². The van der Waals surface area contributed by atoms with Crippen LogP contribution in [0.2, 0.25) is 5.02 Å². The average molecular weight is 362 g/mol. The number of benzene rings is 1. The van der Waals surface area contributed by atoms with Gasteiger partial charge in [-0.1, -0.05) is 58.6 Å². The highest BCUT2D eigenvalue weighted by Crippen LogP contribution is 2.29. The van der Waals surface area contributed by atoms with Gasteiger partial charge in [-0.3, -0.25) is 4.79 Å². The van der Waals surface area contributed by atoms with E-state index in [4.69, 9.17) is 22.1 Å². The Labute approximate surface area is 139 Å². The molecular formula is C12H12ClN3O2S3. The molecule has 0 fully saturated rings. The SMILES string of the molecule is NC(=O)CSc1nnc(SCCOc2ccccc2Cl)s1. The Kier molecular flexibility index (Phi) is 6.62. The van der Waals surface area contributed by atoms with Crippen LogP contribution in [0.3, 0.4) is 0 Å². The van der Waals surface area contributed by atoms with Crippen LogP contribution in [0.15, 0.2) is 32.9 Å². The Morgan fingerprint density at radius 2 is 2.00 bits per heavy atom. The Morgan fingerprint density at radius 3 is 2.71 bits per heavy atom. The van der Waals surface area contributed by atoms with Crippen molar-refractivity contribution >= 4 is 52.4 Å². The van der Waals surface area contributed by atoms with Crippen molar-refractivity contribution in [1.82, 2.24) is 10.2 Å². The number of rotatable bonds is 8. The third-order valence-electron chi connectivity index (χ3n) is 2.13. The molecule has 2 N–H and O–H groups in total. The molecule has 0 saturated heterocycles. The number of hydrogen-bond acceptors (Lipinski definition) is 7. The van der Waals surface area contributed by atoms with Gasteiger partial charge < -0.3 is 10.5 Å². The summed E-state index contributed by atoms with van der Waals surface area (Å²) in [6.07, 6.45) is 0. The van der Waals surface area contributed by atoms with Gasteiger partial charge in [0.05, 0.1) is 17.4 Å². The topological polar surface area (TPSA) is 78.1 Å². The van der Waals surface area contributed by atoms with Gasteiger partial charge >= 0.3 is 0 Å².